The number of esters is 1. The first-order chi connectivity index (χ1) is 15.8. The minimum absolute atomic E-state index is 0.0445. The van der Waals surface area contributed by atoms with Gasteiger partial charge in [0, 0.05) is 6.42 Å². The van der Waals surface area contributed by atoms with Crippen LogP contribution < -0.4 is 0 Å². The topological polar surface area (TPSA) is 43.4 Å². The van der Waals surface area contributed by atoms with Crippen LogP contribution in [-0.2, 0) is 14.3 Å². The Morgan fingerprint density at radius 3 is 2.48 bits per heavy atom. The van der Waals surface area contributed by atoms with Gasteiger partial charge in [-0.1, -0.05) is 68.8 Å². The molecule has 4 saturated carbocycles. The van der Waals surface area contributed by atoms with Crippen molar-refractivity contribution in [3.63, 3.8) is 0 Å². The molecule has 0 spiro atoms. The van der Waals surface area contributed by atoms with Crippen molar-refractivity contribution in [3.8, 4) is 0 Å². The molecule has 0 aromatic carbocycles. The maximum Gasteiger partial charge on any atom is 0.308 e. The molecule has 4 aliphatic carbocycles. The fourth-order valence-corrected chi connectivity index (χ4v) is 10.2. The number of rotatable bonds is 8. The summed E-state index contributed by atoms with van der Waals surface area (Å²) < 4.78 is 5.37. The molecule has 0 aliphatic heterocycles. The average Bonchev–Trinajstić information content (AvgIpc) is 3.14. The van der Waals surface area contributed by atoms with Gasteiger partial charge in [-0.3, -0.25) is 9.59 Å². The average molecular weight is 524 g/mol. The third-order valence-electron chi connectivity index (χ3n) is 11.2. The van der Waals surface area contributed by atoms with E-state index in [-0.39, 0.29) is 22.1 Å². The highest BCUT2D eigenvalue weighted by Crippen LogP contribution is 2.68. The Balaban J connectivity index is 1.50. The van der Waals surface area contributed by atoms with Crippen molar-refractivity contribution in [3.05, 3.63) is 0 Å². The molecule has 0 bridgehead atoms. The molecule has 33 heavy (non-hydrogen) atoms. The highest BCUT2D eigenvalue weighted by Gasteiger charge is 2.62. The molecule has 0 aromatic rings. The van der Waals surface area contributed by atoms with Crippen LogP contribution in [0.3, 0.4) is 0 Å². The van der Waals surface area contributed by atoms with Gasteiger partial charge in [0.2, 0.25) is 0 Å². The zero-order chi connectivity index (χ0) is 23.8. The van der Waals surface area contributed by atoms with Crippen molar-refractivity contribution in [1.29, 1.82) is 0 Å². The fraction of sp³-hybridized carbons (Fsp3) is 0.931. The van der Waals surface area contributed by atoms with Crippen LogP contribution in [0.2, 0.25) is 0 Å². The number of hydrogen-bond donors (Lipinski definition) is 0. The Bertz CT molecular complexity index is 722. The Kier molecular flexibility index (Phi) is 8.03. The molecule has 188 valence electrons. The zero-order valence-electron chi connectivity index (χ0n) is 21.5. The number of carbonyl (C=O) groups is 2. The van der Waals surface area contributed by atoms with E-state index < -0.39 is 0 Å². The number of ether oxygens (including phenoxy) is 1. The van der Waals surface area contributed by atoms with Crippen molar-refractivity contribution < 1.29 is 14.3 Å². The molecule has 4 fully saturated rings. The predicted molar refractivity (Wildman–Crippen MR) is 137 cm³/mol. The highest BCUT2D eigenvalue weighted by atomic mass is 79.9. The standard InChI is InChI=1S/C29H47BrO3/c1-5-6-7-8-9-10-21(27(32)33-4)23-14-13-22-20-12-11-19-17-26(31)25(30)18-29(19,3)24(20)15-16-28(22,23)2/h19-25H,5-18H2,1-4H3/t19-,20-,21+,22-,23+,24-,25+,28-,29-/m0/s1. The van der Waals surface area contributed by atoms with E-state index >= 15 is 0 Å². The lowest BCUT2D eigenvalue weighted by atomic mass is 9.44. The second-order valence-corrected chi connectivity index (χ2v) is 13.7. The molecular formula is C29H47BrO3. The first kappa shape index (κ1) is 25.7. The van der Waals surface area contributed by atoms with E-state index in [0.29, 0.717) is 23.0 Å². The molecule has 0 aromatic heterocycles. The molecule has 0 heterocycles. The maximum absolute atomic E-state index is 13.0. The van der Waals surface area contributed by atoms with Gasteiger partial charge < -0.3 is 4.74 Å². The van der Waals surface area contributed by atoms with Gasteiger partial charge in [-0.05, 0) is 91.8 Å². The number of fused-ring (bicyclic) bond motifs is 5. The Hall–Kier alpha value is -0.380. The quantitative estimate of drug-likeness (QED) is 0.186. The van der Waals surface area contributed by atoms with E-state index in [1.54, 1.807) is 7.11 Å². The van der Waals surface area contributed by atoms with Crippen LogP contribution in [-0.4, -0.2) is 23.7 Å². The largest absolute Gasteiger partial charge is 0.469 e. The van der Waals surface area contributed by atoms with Gasteiger partial charge in [-0.2, -0.15) is 0 Å². The Morgan fingerprint density at radius 1 is 1.03 bits per heavy atom. The van der Waals surface area contributed by atoms with Gasteiger partial charge in [0.15, 0.2) is 0 Å². The molecule has 0 saturated heterocycles. The van der Waals surface area contributed by atoms with Gasteiger partial charge in [0.1, 0.15) is 5.78 Å². The number of methoxy groups -OCH3 is 1. The normalized spacial score (nSPS) is 43.4. The lowest BCUT2D eigenvalue weighted by Crippen LogP contribution is -2.55. The van der Waals surface area contributed by atoms with Crippen LogP contribution >= 0.6 is 15.9 Å². The first-order valence-electron chi connectivity index (χ1n) is 14.0. The second-order valence-electron chi connectivity index (χ2n) is 12.6. The number of carbonyl (C=O) groups excluding carboxylic acids is 2. The molecule has 0 radical (unpaired) electrons. The number of halogens is 1. The molecule has 4 rings (SSSR count). The molecule has 0 N–H and O–H groups in total. The lowest BCUT2D eigenvalue weighted by Gasteiger charge is -2.61. The minimum atomic E-state index is 0.0445. The number of ketones is 1. The van der Waals surface area contributed by atoms with Gasteiger partial charge >= 0.3 is 5.97 Å². The van der Waals surface area contributed by atoms with E-state index in [1.807, 2.05) is 0 Å². The molecule has 3 nitrogen and oxygen atoms in total. The second kappa shape index (κ2) is 10.3. The molecular weight excluding hydrogens is 476 g/mol. The smallest absolute Gasteiger partial charge is 0.308 e. The first-order valence-corrected chi connectivity index (χ1v) is 14.9. The van der Waals surface area contributed by atoms with Crippen molar-refractivity contribution in [1.82, 2.24) is 0 Å². The van der Waals surface area contributed by atoms with Gasteiger partial charge in [0.05, 0.1) is 17.9 Å². The van der Waals surface area contributed by atoms with E-state index in [9.17, 15) is 9.59 Å². The number of hydrogen-bond acceptors (Lipinski definition) is 3. The van der Waals surface area contributed by atoms with Crippen LogP contribution in [0.15, 0.2) is 0 Å². The summed E-state index contributed by atoms with van der Waals surface area (Å²) in [4.78, 5) is 25.5. The van der Waals surface area contributed by atoms with E-state index in [2.05, 4.69) is 36.7 Å². The number of alkyl halides is 1. The lowest BCUT2D eigenvalue weighted by molar-refractivity contribution is -0.153. The molecule has 9 atom stereocenters. The summed E-state index contributed by atoms with van der Waals surface area (Å²) in [6, 6.07) is 0. The van der Waals surface area contributed by atoms with Crippen molar-refractivity contribution in [2.24, 2.45) is 46.3 Å². The van der Waals surface area contributed by atoms with Gasteiger partial charge in [-0.15, -0.1) is 0 Å². The molecule has 4 heteroatoms. The van der Waals surface area contributed by atoms with E-state index in [0.717, 1.165) is 43.4 Å². The monoisotopic (exact) mass is 522 g/mol. The number of unbranched alkanes of at least 4 members (excludes halogenated alkanes) is 4. The van der Waals surface area contributed by atoms with Gasteiger partial charge in [-0.25, -0.2) is 0 Å². The van der Waals surface area contributed by atoms with Crippen molar-refractivity contribution >= 4 is 27.7 Å². The molecule has 0 amide bonds. The SMILES string of the molecule is CCCCCCC[C@@H](C(=O)OC)[C@H]1CC[C@H]2[C@@H]3CC[C@H]4CC(=O)[C@H](Br)C[C@]4(C)[C@H]3CC[C@]12C. The Labute approximate surface area is 210 Å². The van der Waals surface area contributed by atoms with Gasteiger partial charge in [0.25, 0.3) is 0 Å². The number of Topliss-reactive ketones (excluding diaryl/α,β-unsaturated/α-hetero) is 1. The molecule has 0 unspecified atom stereocenters. The summed E-state index contributed by atoms with van der Waals surface area (Å²) in [6.07, 6.45) is 16.6. The summed E-state index contributed by atoms with van der Waals surface area (Å²) >= 11 is 3.73. The summed E-state index contributed by atoms with van der Waals surface area (Å²) in [5.74, 6) is 3.85. The van der Waals surface area contributed by atoms with Crippen LogP contribution in [0.1, 0.15) is 111 Å². The molecule has 4 aliphatic rings. The van der Waals surface area contributed by atoms with Crippen LogP contribution in [0.25, 0.3) is 0 Å². The van der Waals surface area contributed by atoms with E-state index in [4.69, 9.17) is 4.74 Å². The highest BCUT2D eigenvalue weighted by molar-refractivity contribution is 9.10. The third kappa shape index (κ3) is 4.60. The minimum Gasteiger partial charge on any atom is -0.469 e. The van der Waals surface area contributed by atoms with Crippen LogP contribution in [0.4, 0.5) is 0 Å². The predicted octanol–water partition coefficient (Wildman–Crippen LogP) is 7.74. The van der Waals surface area contributed by atoms with Crippen LogP contribution in [0.5, 0.6) is 0 Å². The maximum atomic E-state index is 13.0. The van der Waals surface area contributed by atoms with Crippen molar-refractivity contribution in [2.45, 2.75) is 115 Å². The summed E-state index contributed by atoms with van der Waals surface area (Å²) in [6.45, 7) is 7.30. The van der Waals surface area contributed by atoms with Crippen LogP contribution in [0, 0.1) is 46.3 Å². The fourth-order valence-electron chi connectivity index (χ4n) is 9.36. The summed E-state index contributed by atoms with van der Waals surface area (Å²) in [5.41, 5.74) is 0.566. The van der Waals surface area contributed by atoms with Crippen molar-refractivity contribution in [2.75, 3.05) is 7.11 Å². The summed E-state index contributed by atoms with van der Waals surface area (Å²) in [5, 5.41) is 0. The Morgan fingerprint density at radius 2 is 1.76 bits per heavy atom. The summed E-state index contributed by atoms with van der Waals surface area (Å²) in [7, 11) is 1.58. The van der Waals surface area contributed by atoms with E-state index in [1.165, 1.54) is 64.2 Å². The third-order valence-corrected chi connectivity index (χ3v) is 12.0. The zero-order valence-corrected chi connectivity index (χ0v) is 23.1.